The molecule has 2 N–H and O–H groups in total. The van der Waals surface area contributed by atoms with Crippen molar-refractivity contribution >= 4 is 15.9 Å². The Morgan fingerprint density at radius 1 is 1.23 bits per heavy atom. The van der Waals surface area contributed by atoms with Crippen molar-refractivity contribution in [1.82, 2.24) is 15.0 Å². The van der Waals surface area contributed by atoms with Crippen molar-refractivity contribution in [3.63, 3.8) is 0 Å². The minimum atomic E-state index is -3.62. The largest absolute Gasteiger partial charge is 0.494 e. The van der Waals surface area contributed by atoms with Crippen LogP contribution in [-0.2, 0) is 14.8 Å². The van der Waals surface area contributed by atoms with Gasteiger partial charge in [-0.1, -0.05) is 6.07 Å². The zero-order valence-electron chi connectivity index (χ0n) is 18.3. The molecule has 0 bridgehead atoms. The topological polar surface area (TPSA) is 97.4 Å². The van der Waals surface area contributed by atoms with Gasteiger partial charge in [0.15, 0.2) is 0 Å². The Morgan fingerprint density at radius 2 is 1.97 bits per heavy atom. The van der Waals surface area contributed by atoms with E-state index in [1.807, 2.05) is 32.9 Å². The summed E-state index contributed by atoms with van der Waals surface area (Å²) in [5, 5.41) is 3.05. The van der Waals surface area contributed by atoms with Gasteiger partial charge in [-0.15, -0.1) is 0 Å². The second-order valence-corrected chi connectivity index (χ2v) is 9.76. The Bertz CT molecular complexity index is 987. The van der Waals surface area contributed by atoms with Crippen LogP contribution in [0.15, 0.2) is 47.6 Å². The van der Waals surface area contributed by atoms with Gasteiger partial charge in [0.05, 0.1) is 17.5 Å². The molecule has 0 saturated heterocycles. The zero-order valence-corrected chi connectivity index (χ0v) is 19.1. The third-order valence-electron chi connectivity index (χ3n) is 5.72. The summed E-state index contributed by atoms with van der Waals surface area (Å²) in [5.41, 5.74) is 1.75. The first-order chi connectivity index (χ1) is 14.8. The molecule has 8 heteroatoms. The summed E-state index contributed by atoms with van der Waals surface area (Å²) in [6.45, 7) is 6.19. The Labute approximate surface area is 184 Å². The zero-order chi connectivity index (χ0) is 22.4. The molecule has 1 fully saturated rings. The van der Waals surface area contributed by atoms with Gasteiger partial charge in [-0.05, 0) is 81.8 Å². The number of nitrogens with one attached hydrogen (secondary N) is 2. The molecule has 1 atom stereocenters. The molecule has 3 rings (SSSR count). The van der Waals surface area contributed by atoms with Crippen molar-refractivity contribution < 1.29 is 17.9 Å². The summed E-state index contributed by atoms with van der Waals surface area (Å²) < 4.78 is 33.9. The molecule has 1 aliphatic carbocycles. The van der Waals surface area contributed by atoms with Crippen LogP contribution >= 0.6 is 0 Å². The number of hydrogen-bond acceptors (Lipinski definition) is 5. The van der Waals surface area contributed by atoms with Gasteiger partial charge in [0, 0.05) is 24.4 Å². The minimum Gasteiger partial charge on any atom is -0.494 e. The van der Waals surface area contributed by atoms with E-state index in [0.717, 1.165) is 11.1 Å². The van der Waals surface area contributed by atoms with Crippen LogP contribution in [0.1, 0.15) is 56.7 Å². The maximum atomic E-state index is 12.8. The molecule has 1 aliphatic rings. The van der Waals surface area contributed by atoms with E-state index in [1.165, 1.54) is 0 Å². The third-order valence-corrected chi connectivity index (χ3v) is 7.24. The van der Waals surface area contributed by atoms with E-state index in [1.54, 1.807) is 30.6 Å². The highest BCUT2D eigenvalue weighted by Crippen LogP contribution is 2.27. The lowest BCUT2D eigenvalue weighted by molar-refractivity contribution is -0.126. The van der Waals surface area contributed by atoms with Crippen molar-refractivity contribution in [2.24, 2.45) is 5.92 Å². The number of rotatable bonds is 8. The number of aromatic nitrogens is 1. The predicted octanol–water partition coefficient (Wildman–Crippen LogP) is 3.50. The monoisotopic (exact) mass is 445 g/mol. The van der Waals surface area contributed by atoms with Gasteiger partial charge in [0.1, 0.15) is 5.75 Å². The smallest absolute Gasteiger partial charge is 0.240 e. The van der Waals surface area contributed by atoms with Crippen molar-refractivity contribution in [2.75, 3.05) is 6.61 Å². The van der Waals surface area contributed by atoms with E-state index in [9.17, 15) is 13.2 Å². The standard InChI is InChI=1S/C23H31N3O4S/c1-4-30-22-12-11-21(14-16(22)2)31(28,29)26-20-9-7-18(8-10-20)23(27)25-17(3)19-6-5-13-24-15-19/h5-6,11-15,17-18,20,26H,4,7-10H2,1-3H3,(H,25,27)/t17-,18?,20?/m1/s1. The highest BCUT2D eigenvalue weighted by molar-refractivity contribution is 7.89. The number of benzene rings is 1. The lowest BCUT2D eigenvalue weighted by Gasteiger charge is -2.29. The molecule has 1 heterocycles. The van der Waals surface area contributed by atoms with Gasteiger partial charge in [-0.3, -0.25) is 9.78 Å². The van der Waals surface area contributed by atoms with Crippen LogP contribution in [0, 0.1) is 12.8 Å². The van der Waals surface area contributed by atoms with Crippen LogP contribution in [0.2, 0.25) is 0 Å². The molecule has 0 aliphatic heterocycles. The summed E-state index contributed by atoms with van der Waals surface area (Å²) in [5.74, 6) is 0.598. The maximum Gasteiger partial charge on any atom is 0.240 e. The third kappa shape index (κ3) is 6.04. The Balaban J connectivity index is 1.53. The van der Waals surface area contributed by atoms with Crippen LogP contribution in [0.3, 0.4) is 0 Å². The summed E-state index contributed by atoms with van der Waals surface area (Å²) in [4.78, 5) is 17.0. The molecule has 31 heavy (non-hydrogen) atoms. The van der Waals surface area contributed by atoms with Crippen molar-refractivity contribution in [2.45, 2.75) is 63.4 Å². The van der Waals surface area contributed by atoms with Crippen molar-refractivity contribution in [3.8, 4) is 5.75 Å². The number of aryl methyl sites for hydroxylation is 1. The summed E-state index contributed by atoms with van der Waals surface area (Å²) in [6.07, 6.45) is 6.03. The van der Waals surface area contributed by atoms with Crippen molar-refractivity contribution in [1.29, 1.82) is 0 Å². The van der Waals surface area contributed by atoms with E-state index >= 15 is 0 Å². The number of carbonyl (C=O) groups is 1. The van der Waals surface area contributed by atoms with Crippen LogP contribution in [0.5, 0.6) is 5.75 Å². The molecule has 1 aromatic heterocycles. The Hall–Kier alpha value is -2.45. The lowest BCUT2D eigenvalue weighted by atomic mass is 9.85. The average Bonchev–Trinajstić information content (AvgIpc) is 2.76. The molecule has 168 valence electrons. The van der Waals surface area contributed by atoms with Gasteiger partial charge in [-0.25, -0.2) is 13.1 Å². The number of nitrogens with zero attached hydrogens (tertiary/aromatic N) is 1. The van der Waals surface area contributed by atoms with Crippen LogP contribution < -0.4 is 14.8 Å². The average molecular weight is 446 g/mol. The van der Waals surface area contributed by atoms with Gasteiger partial charge in [0.2, 0.25) is 15.9 Å². The van der Waals surface area contributed by atoms with Crippen LogP contribution in [-0.4, -0.2) is 32.0 Å². The second kappa shape index (κ2) is 10.2. The fourth-order valence-electron chi connectivity index (χ4n) is 3.91. The molecule has 0 unspecified atom stereocenters. The molecular formula is C23H31N3O4S. The summed E-state index contributed by atoms with van der Waals surface area (Å²) in [6, 6.07) is 8.40. The summed E-state index contributed by atoms with van der Waals surface area (Å²) >= 11 is 0. The number of carbonyl (C=O) groups excluding carboxylic acids is 1. The minimum absolute atomic E-state index is 0.0137. The fourth-order valence-corrected chi connectivity index (χ4v) is 5.30. The number of pyridine rings is 1. The normalized spacial score (nSPS) is 20.1. The molecule has 1 aromatic carbocycles. The Morgan fingerprint density at radius 3 is 2.58 bits per heavy atom. The molecule has 0 radical (unpaired) electrons. The number of sulfonamides is 1. The Kier molecular flexibility index (Phi) is 7.67. The van der Waals surface area contributed by atoms with E-state index < -0.39 is 10.0 Å². The first-order valence-electron chi connectivity index (χ1n) is 10.8. The molecule has 1 saturated carbocycles. The first-order valence-corrected chi connectivity index (χ1v) is 12.2. The van der Waals surface area contributed by atoms with Gasteiger partial charge >= 0.3 is 0 Å². The highest BCUT2D eigenvalue weighted by Gasteiger charge is 2.30. The van der Waals surface area contributed by atoms with Gasteiger partial charge in [0.25, 0.3) is 0 Å². The fraction of sp³-hybridized carbons (Fsp3) is 0.478. The number of ether oxygens (including phenoxy) is 1. The van der Waals surface area contributed by atoms with Crippen LogP contribution in [0.25, 0.3) is 0 Å². The number of amides is 1. The highest BCUT2D eigenvalue weighted by atomic mass is 32.2. The summed E-state index contributed by atoms with van der Waals surface area (Å²) in [7, 11) is -3.62. The molecule has 0 spiro atoms. The van der Waals surface area contributed by atoms with Gasteiger partial charge < -0.3 is 10.1 Å². The molecule has 7 nitrogen and oxygen atoms in total. The predicted molar refractivity (Wildman–Crippen MR) is 119 cm³/mol. The van der Waals surface area contributed by atoms with E-state index in [-0.39, 0.29) is 28.8 Å². The van der Waals surface area contributed by atoms with Gasteiger partial charge in [-0.2, -0.15) is 0 Å². The molecule has 1 amide bonds. The first kappa shape index (κ1) is 23.2. The second-order valence-electron chi connectivity index (χ2n) is 8.05. The van der Waals surface area contributed by atoms with E-state index in [2.05, 4.69) is 15.0 Å². The lowest BCUT2D eigenvalue weighted by Crippen LogP contribution is -2.41. The van der Waals surface area contributed by atoms with Crippen LogP contribution in [0.4, 0.5) is 0 Å². The number of hydrogen-bond donors (Lipinski definition) is 2. The van der Waals surface area contributed by atoms with Crippen molar-refractivity contribution in [3.05, 3.63) is 53.9 Å². The molecule has 2 aromatic rings. The quantitative estimate of drug-likeness (QED) is 0.648. The SMILES string of the molecule is CCOc1ccc(S(=O)(=O)NC2CCC(C(=O)N[C@H](C)c3cccnc3)CC2)cc1C. The molecular weight excluding hydrogens is 414 g/mol. The maximum absolute atomic E-state index is 12.8. The van der Waals surface area contributed by atoms with E-state index in [4.69, 9.17) is 4.74 Å². The van der Waals surface area contributed by atoms with E-state index in [0.29, 0.717) is 38.0 Å².